The molecule has 3 aromatic rings. The summed E-state index contributed by atoms with van der Waals surface area (Å²) in [5.41, 5.74) is 9.32. The highest BCUT2D eigenvalue weighted by atomic mass is 35.5. The Kier molecular flexibility index (Phi) is 3.32. The van der Waals surface area contributed by atoms with Crippen LogP contribution in [0.1, 0.15) is 12.5 Å². The summed E-state index contributed by atoms with van der Waals surface area (Å²) in [5, 5.41) is 0.694. The molecule has 0 radical (unpaired) electrons. The molecule has 0 aliphatic rings. The lowest BCUT2D eigenvalue weighted by Gasteiger charge is -1.99. The van der Waals surface area contributed by atoms with Gasteiger partial charge >= 0.3 is 0 Å². The van der Waals surface area contributed by atoms with E-state index in [1.54, 1.807) is 6.07 Å². The minimum atomic E-state index is 0.321. The maximum atomic E-state index is 6.15. The van der Waals surface area contributed by atoms with Crippen LogP contribution in [0.5, 0.6) is 0 Å². The number of nitrogens with zero attached hydrogens (tertiary/aromatic N) is 1. The normalized spacial score (nSPS) is 11.2. The van der Waals surface area contributed by atoms with E-state index in [-0.39, 0.29) is 0 Å². The van der Waals surface area contributed by atoms with Gasteiger partial charge in [-0.05, 0) is 24.1 Å². The van der Waals surface area contributed by atoms with E-state index in [1.807, 2.05) is 24.3 Å². The zero-order valence-corrected chi connectivity index (χ0v) is 12.3. The first-order valence-electron chi connectivity index (χ1n) is 6.23. The highest BCUT2D eigenvalue weighted by Crippen LogP contribution is 2.36. The number of nitrogen functional groups attached to an aromatic ring is 1. The quantitative estimate of drug-likeness (QED) is 0.682. The van der Waals surface area contributed by atoms with Crippen molar-refractivity contribution >= 4 is 40.0 Å². The van der Waals surface area contributed by atoms with Gasteiger partial charge in [-0.1, -0.05) is 42.3 Å². The molecule has 0 bridgehead atoms. The Hall–Kier alpha value is -1.71. The SMILES string of the molecule is CCc1ccc(-c2nc3c(Cl)c(N)c(Cl)cc3o2)cc1. The van der Waals surface area contributed by atoms with Gasteiger partial charge in [-0.3, -0.25) is 0 Å². The van der Waals surface area contributed by atoms with Gasteiger partial charge in [0.25, 0.3) is 0 Å². The van der Waals surface area contributed by atoms with Crippen LogP contribution < -0.4 is 5.73 Å². The van der Waals surface area contributed by atoms with Crippen LogP contribution in [-0.2, 0) is 6.42 Å². The van der Waals surface area contributed by atoms with Gasteiger partial charge in [-0.15, -0.1) is 0 Å². The molecule has 0 saturated carbocycles. The van der Waals surface area contributed by atoms with Crippen LogP contribution in [0.3, 0.4) is 0 Å². The van der Waals surface area contributed by atoms with Crippen LogP contribution in [0.15, 0.2) is 34.7 Å². The Labute approximate surface area is 126 Å². The maximum Gasteiger partial charge on any atom is 0.227 e. The molecular weight excluding hydrogens is 295 g/mol. The third kappa shape index (κ3) is 2.13. The molecule has 0 unspecified atom stereocenters. The molecule has 0 fully saturated rings. The van der Waals surface area contributed by atoms with Crippen molar-refractivity contribution in [3.05, 3.63) is 45.9 Å². The van der Waals surface area contributed by atoms with E-state index in [9.17, 15) is 0 Å². The van der Waals surface area contributed by atoms with Crippen molar-refractivity contribution in [2.45, 2.75) is 13.3 Å². The second-order valence-electron chi connectivity index (χ2n) is 4.50. The third-order valence-electron chi connectivity index (χ3n) is 3.22. The van der Waals surface area contributed by atoms with E-state index in [0.717, 1.165) is 12.0 Å². The average Bonchev–Trinajstić information content (AvgIpc) is 2.89. The Bertz CT molecular complexity index is 779. The van der Waals surface area contributed by atoms with Crippen LogP contribution in [0.4, 0.5) is 5.69 Å². The minimum absolute atomic E-state index is 0.321. The molecule has 1 aromatic heterocycles. The molecule has 3 nitrogen and oxygen atoms in total. The first-order valence-corrected chi connectivity index (χ1v) is 6.99. The van der Waals surface area contributed by atoms with Crippen molar-refractivity contribution in [1.82, 2.24) is 4.98 Å². The lowest BCUT2D eigenvalue weighted by Crippen LogP contribution is -1.88. The van der Waals surface area contributed by atoms with Gasteiger partial charge in [0.05, 0.1) is 15.7 Å². The zero-order chi connectivity index (χ0) is 14.3. The van der Waals surface area contributed by atoms with Crippen molar-refractivity contribution in [3.63, 3.8) is 0 Å². The molecule has 2 aromatic carbocycles. The van der Waals surface area contributed by atoms with Crippen molar-refractivity contribution in [2.75, 3.05) is 5.73 Å². The summed E-state index contributed by atoms with van der Waals surface area (Å²) in [6.07, 6.45) is 0.992. The molecule has 0 saturated heterocycles. The molecule has 2 N–H and O–H groups in total. The Morgan fingerprint density at radius 3 is 2.55 bits per heavy atom. The molecule has 1 heterocycles. The summed E-state index contributed by atoms with van der Waals surface area (Å²) in [6, 6.07) is 9.68. The summed E-state index contributed by atoms with van der Waals surface area (Å²) in [7, 11) is 0. The Balaban J connectivity index is 2.15. The Morgan fingerprint density at radius 2 is 1.90 bits per heavy atom. The van der Waals surface area contributed by atoms with E-state index >= 15 is 0 Å². The molecule has 20 heavy (non-hydrogen) atoms. The summed E-state index contributed by atoms with van der Waals surface area (Å²) >= 11 is 12.1. The van der Waals surface area contributed by atoms with E-state index < -0.39 is 0 Å². The number of benzene rings is 2. The lowest BCUT2D eigenvalue weighted by atomic mass is 10.1. The van der Waals surface area contributed by atoms with Gasteiger partial charge in [-0.2, -0.15) is 0 Å². The van der Waals surface area contributed by atoms with Gasteiger partial charge in [0.1, 0.15) is 5.52 Å². The number of fused-ring (bicyclic) bond motifs is 1. The maximum absolute atomic E-state index is 6.15. The van der Waals surface area contributed by atoms with Gasteiger partial charge < -0.3 is 10.2 Å². The standard InChI is InChI=1S/C15H12Cl2N2O/c1-2-8-3-5-9(6-4-8)15-19-14-11(20-15)7-10(16)13(18)12(14)17/h3-7H,2,18H2,1H3. The fourth-order valence-corrected chi connectivity index (χ4v) is 2.50. The Morgan fingerprint density at radius 1 is 1.20 bits per heavy atom. The number of rotatable bonds is 2. The number of aryl methyl sites for hydroxylation is 1. The number of aromatic nitrogens is 1. The molecule has 0 atom stereocenters. The molecule has 0 aliphatic carbocycles. The van der Waals surface area contributed by atoms with Crippen molar-refractivity contribution < 1.29 is 4.42 Å². The number of anilines is 1. The topological polar surface area (TPSA) is 52.0 Å². The van der Waals surface area contributed by atoms with Crippen molar-refractivity contribution in [2.24, 2.45) is 0 Å². The fraction of sp³-hybridized carbons (Fsp3) is 0.133. The average molecular weight is 307 g/mol. The minimum Gasteiger partial charge on any atom is -0.436 e. The van der Waals surface area contributed by atoms with Gasteiger partial charge in [-0.25, -0.2) is 4.98 Å². The molecule has 5 heteroatoms. The van der Waals surface area contributed by atoms with Gasteiger partial charge in [0, 0.05) is 11.6 Å². The highest BCUT2D eigenvalue weighted by molar-refractivity contribution is 6.42. The van der Waals surface area contributed by atoms with E-state index in [4.69, 9.17) is 33.4 Å². The van der Waals surface area contributed by atoms with E-state index in [2.05, 4.69) is 11.9 Å². The van der Waals surface area contributed by atoms with Crippen LogP contribution in [0.25, 0.3) is 22.6 Å². The van der Waals surface area contributed by atoms with E-state index in [0.29, 0.717) is 32.7 Å². The first-order chi connectivity index (χ1) is 9.60. The number of hydrogen-bond donors (Lipinski definition) is 1. The summed E-state index contributed by atoms with van der Waals surface area (Å²) in [6.45, 7) is 2.11. The van der Waals surface area contributed by atoms with Crippen LogP contribution in [-0.4, -0.2) is 4.98 Å². The summed E-state index contributed by atoms with van der Waals surface area (Å²) in [5.74, 6) is 0.506. The first kappa shape index (κ1) is 13.3. The van der Waals surface area contributed by atoms with Crippen LogP contribution in [0.2, 0.25) is 10.0 Å². The molecule has 0 amide bonds. The van der Waals surface area contributed by atoms with Crippen molar-refractivity contribution in [3.8, 4) is 11.5 Å². The number of nitrogens with two attached hydrogens (primary N) is 1. The molecule has 102 valence electrons. The van der Waals surface area contributed by atoms with Gasteiger partial charge in [0.2, 0.25) is 5.89 Å². The fourth-order valence-electron chi connectivity index (χ4n) is 2.02. The molecular formula is C15H12Cl2N2O. The van der Waals surface area contributed by atoms with Crippen molar-refractivity contribution in [1.29, 1.82) is 0 Å². The largest absolute Gasteiger partial charge is 0.436 e. The zero-order valence-electron chi connectivity index (χ0n) is 10.8. The summed E-state index contributed by atoms with van der Waals surface area (Å²) in [4.78, 5) is 4.40. The second kappa shape index (κ2) is 5.00. The highest BCUT2D eigenvalue weighted by Gasteiger charge is 2.15. The predicted molar refractivity (Wildman–Crippen MR) is 83.3 cm³/mol. The molecule has 0 spiro atoms. The van der Waals surface area contributed by atoms with Crippen LogP contribution in [0, 0.1) is 0 Å². The lowest BCUT2D eigenvalue weighted by molar-refractivity contribution is 0.620. The smallest absolute Gasteiger partial charge is 0.227 e. The van der Waals surface area contributed by atoms with Gasteiger partial charge in [0.15, 0.2) is 5.58 Å². The van der Waals surface area contributed by atoms with Crippen LogP contribution >= 0.6 is 23.2 Å². The molecule has 0 aliphatic heterocycles. The number of halogens is 2. The monoisotopic (exact) mass is 306 g/mol. The number of hydrogen-bond acceptors (Lipinski definition) is 3. The second-order valence-corrected chi connectivity index (χ2v) is 5.29. The predicted octanol–water partition coefficient (Wildman–Crippen LogP) is 4.95. The molecule has 3 rings (SSSR count). The third-order valence-corrected chi connectivity index (χ3v) is 3.92. The summed E-state index contributed by atoms with van der Waals surface area (Å²) < 4.78 is 5.71. The number of oxazole rings is 1. The van der Waals surface area contributed by atoms with E-state index in [1.165, 1.54) is 5.56 Å².